The summed E-state index contributed by atoms with van der Waals surface area (Å²) in [6.45, 7) is 9.06. The fraction of sp³-hybridized carbons (Fsp3) is 0.833. The van der Waals surface area contributed by atoms with Gasteiger partial charge in [-0.3, -0.25) is 19.9 Å². The van der Waals surface area contributed by atoms with Crippen LogP contribution in [0, 0.1) is 11.3 Å². The lowest BCUT2D eigenvalue weighted by atomic mass is 9.92. The highest BCUT2D eigenvalue weighted by Gasteiger charge is 2.28. The van der Waals surface area contributed by atoms with Crippen LogP contribution in [0.2, 0.25) is 0 Å². The Labute approximate surface area is 109 Å². The van der Waals surface area contributed by atoms with Crippen molar-refractivity contribution in [3.8, 4) is 0 Å². The number of hydrazine groups is 1. The van der Waals surface area contributed by atoms with Crippen LogP contribution in [0.3, 0.4) is 0 Å². The lowest BCUT2D eigenvalue weighted by Crippen LogP contribution is -2.48. The first-order valence-corrected chi connectivity index (χ1v) is 6.15. The molecular weight excluding hydrogens is 232 g/mol. The number of nitrogens with two attached hydrogens (primary N) is 1. The minimum absolute atomic E-state index is 0.0323. The summed E-state index contributed by atoms with van der Waals surface area (Å²) in [7, 11) is 1.81. The number of amides is 2. The summed E-state index contributed by atoms with van der Waals surface area (Å²) in [6.07, 6.45) is 0. The van der Waals surface area contributed by atoms with Gasteiger partial charge in [-0.2, -0.15) is 0 Å². The molecule has 6 heteroatoms. The largest absolute Gasteiger partial charge is 0.355 e. The number of nitrogens with zero attached hydrogens (tertiary/aromatic N) is 1. The first kappa shape index (κ1) is 16.9. The summed E-state index contributed by atoms with van der Waals surface area (Å²) in [5.41, 5.74) is 1.51. The van der Waals surface area contributed by atoms with E-state index in [2.05, 4.69) is 10.7 Å². The quantitative estimate of drug-likeness (QED) is 0.332. The van der Waals surface area contributed by atoms with E-state index < -0.39 is 5.41 Å². The third-order valence-electron chi connectivity index (χ3n) is 2.53. The zero-order chi connectivity index (χ0) is 14.3. The van der Waals surface area contributed by atoms with Crippen molar-refractivity contribution in [1.82, 2.24) is 15.6 Å². The first-order valence-electron chi connectivity index (χ1n) is 6.15. The van der Waals surface area contributed by atoms with E-state index in [-0.39, 0.29) is 18.4 Å². The maximum atomic E-state index is 11.6. The SMILES string of the molecule is CC(C)CNC(=O)CN(C)CC(C)(C)C(=O)NN. The van der Waals surface area contributed by atoms with Gasteiger partial charge in [0.05, 0.1) is 12.0 Å². The number of likely N-dealkylation sites (N-methyl/N-ethyl adjacent to an activating group) is 1. The van der Waals surface area contributed by atoms with Crippen molar-refractivity contribution in [2.45, 2.75) is 27.7 Å². The summed E-state index contributed by atoms with van der Waals surface area (Å²) in [5, 5.41) is 2.84. The van der Waals surface area contributed by atoms with E-state index in [1.165, 1.54) is 0 Å². The average molecular weight is 258 g/mol. The number of hydrogen-bond acceptors (Lipinski definition) is 4. The van der Waals surface area contributed by atoms with Crippen LogP contribution in [0.1, 0.15) is 27.7 Å². The smallest absolute Gasteiger partial charge is 0.240 e. The van der Waals surface area contributed by atoms with Crippen molar-refractivity contribution in [2.75, 3.05) is 26.7 Å². The van der Waals surface area contributed by atoms with Gasteiger partial charge in [-0.15, -0.1) is 0 Å². The Bertz CT molecular complexity index is 290. The van der Waals surface area contributed by atoms with Crippen LogP contribution in [-0.4, -0.2) is 43.4 Å². The third kappa shape index (κ3) is 6.56. The zero-order valence-electron chi connectivity index (χ0n) is 12.0. The van der Waals surface area contributed by atoms with Gasteiger partial charge in [0.15, 0.2) is 0 Å². The molecule has 0 atom stereocenters. The van der Waals surface area contributed by atoms with Crippen molar-refractivity contribution >= 4 is 11.8 Å². The van der Waals surface area contributed by atoms with E-state index in [1.807, 2.05) is 18.7 Å². The van der Waals surface area contributed by atoms with Crippen molar-refractivity contribution < 1.29 is 9.59 Å². The Morgan fingerprint density at radius 3 is 2.33 bits per heavy atom. The number of nitrogens with one attached hydrogen (secondary N) is 2. The highest BCUT2D eigenvalue weighted by molar-refractivity contribution is 5.81. The topological polar surface area (TPSA) is 87.5 Å². The molecule has 0 spiro atoms. The molecule has 0 aliphatic heterocycles. The van der Waals surface area contributed by atoms with Crippen LogP contribution in [0.5, 0.6) is 0 Å². The van der Waals surface area contributed by atoms with Crippen LogP contribution in [-0.2, 0) is 9.59 Å². The molecule has 6 nitrogen and oxygen atoms in total. The summed E-state index contributed by atoms with van der Waals surface area (Å²) in [6, 6.07) is 0. The molecule has 0 rings (SSSR count). The summed E-state index contributed by atoms with van der Waals surface area (Å²) >= 11 is 0. The monoisotopic (exact) mass is 258 g/mol. The Balaban J connectivity index is 4.14. The molecule has 0 radical (unpaired) electrons. The molecule has 0 saturated carbocycles. The van der Waals surface area contributed by atoms with Gasteiger partial charge >= 0.3 is 0 Å². The van der Waals surface area contributed by atoms with Gasteiger partial charge in [-0.05, 0) is 26.8 Å². The minimum atomic E-state index is -0.623. The standard InChI is InChI=1S/C12H26N4O2/c1-9(2)6-14-10(17)7-16(5)8-12(3,4)11(18)15-13/h9H,6-8,13H2,1-5H3,(H,14,17)(H,15,18). The van der Waals surface area contributed by atoms with Gasteiger partial charge < -0.3 is 5.32 Å². The van der Waals surface area contributed by atoms with Crippen LogP contribution in [0.15, 0.2) is 0 Å². The molecule has 0 aromatic heterocycles. The molecule has 106 valence electrons. The third-order valence-corrected chi connectivity index (χ3v) is 2.53. The summed E-state index contributed by atoms with van der Waals surface area (Å²) in [5.74, 6) is 5.28. The van der Waals surface area contributed by atoms with Gasteiger partial charge in [0.2, 0.25) is 11.8 Å². The predicted molar refractivity (Wildman–Crippen MR) is 71.5 cm³/mol. The lowest BCUT2D eigenvalue weighted by Gasteiger charge is -2.28. The first-order chi connectivity index (χ1) is 8.19. The van der Waals surface area contributed by atoms with E-state index in [4.69, 9.17) is 5.84 Å². The highest BCUT2D eigenvalue weighted by atomic mass is 16.2. The molecule has 0 aliphatic carbocycles. The van der Waals surface area contributed by atoms with Crippen LogP contribution in [0.25, 0.3) is 0 Å². The second kappa shape index (κ2) is 7.33. The maximum Gasteiger partial charge on any atom is 0.240 e. The summed E-state index contributed by atoms with van der Waals surface area (Å²) in [4.78, 5) is 24.9. The second-order valence-corrected chi connectivity index (χ2v) is 5.73. The van der Waals surface area contributed by atoms with Crippen molar-refractivity contribution in [3.05, 3.63) is 0 Å². The number of hydrogen-bond donors (Lipinski definition) is 3. The van der Waals surface area contributed by atoms with Crippen molar-refractivity contribution in [3.63, 3.8) is 0 Å². The molecule has 0 saturated heterocycles. The van der Waals surface area contributed by atoms with E-state index >= 15 is 0 Å². The Morgan fingerprint density at radius 1 is 1.33 bits per heavy atom. The highest BCUT2D eigenvalue weighted by Crippen LogP contribution is 2.15. The van der Waals surface area contributed by atoms with Crippen molar-refractivity contribution in [1.29, 1.82) is 0 Å². The Kier molecular flexibility index (Phi) is 6.86. The molecule has 0 aromatic carbocycles. The molecular formula is C12H26N4O2. The Morgan fingerprint density at radius 2 is 1.89 bits per heavy atom. The maximum absolute atomic E-state index is 11.6. The van der Waals surface area contributed by atoms with E-state index in [1.54, 1.807) is 20.9 Å². The average Bonchev–Trinajstić information content (AvgIpc) is 2.24. The molecule has 0 unspecified atom stereocenters. The fourth-order valence-electron chi connectivity index (χ4n) is 1.62. The second-order valence-electron chi connectivity index (χ2n) is 5.73. The molecule has 0 fully saturated rings. The van der Waals surface area contributed by atoms with Gasteiger partial charge in [-0.1, -0.05) is 13.8 Å². The van der Waals surface area contributed by atoms with Gasteiger partial charge in [0.1, 0.15) is 0 Å². The molecule has 4 N–H and O–H groups in total. The van der Waals surface area contributed by atoms with Gasteiger partial charge in [0.25, 0.3) is 0 Å². The Hall–Kier alpha value is -1.14. The number of rotatable bonds is 7. The molecule has 0 heterocycles. The molecule has 2 amide bonds. The van der Waals surface area contributed by atoms with Crippen LogP contribution < -0.4 is 16.6 Å². The predicted octanol–water partition coefficient (Wildman–Crippen LogP) is -0.293. The molecule has 0 aromatic rings. The van der Waals surface area contributed by atoms with Gasteiger partial charge in [0, 0.05) is 13.1 Å². The van der Waals surface area contributed by atoms with Crippen molar-refractivity contribution in [2.24, 2.45) is 17.2 Å². The summed E-state index contributed by atoms with van der Waals surface area (Å²) < 4.78 is 0. The van der Waals surface area contributed by atoms with E-state index in [0.717, 1.165) is 0 Å². The number of carbonyl (C=O) groups excluding carboxylic acids is 2. The van der Waals surface area contributed by atoms with E-state index in [0.29, 0.717) is 19.0 Å². The molecule has 18 heavy (non-hydrogen) atoms. The molecule has 0 bridgehead atoms. The van der Waals surface area contributed by atoms with Gasteiger partial charge in [-0.25, -0.2) is 5.84 Å². The fourth-order valence-corrected chi connectivity index (χ4v) is 1.62. The normalized spacial score (nSPS) is 11.8. The number of carbonyl (C=O) groups is 2. The molecule has 0 aliphatic rings. The van der Waals surface area contributed by atoms with Crippen LogP contribution >= 0.6 is 0 Å². The van der Waals surface area contributed by atoms with E-state index in [9.17, 15) is 9.59 Å². The minimum Gasteiger partial charge on any atom is -0.355 e. The van der Waals surface area contributed by atoms with Crippen LogP contribution in [0.4, 0.5) is 0 Å². The lowest BCUT2D eigenvalue weighted by molar-refractivity contribution is -0.131. The zero-order valence-corrected chi connectivity index (χ0v) is 12.0.